The molecule has 0 saturated carbocycles. The quantitative estimate of drug-likeness (QED) is 0.864. The van der Waals surface area contributed by atoms with Crippen molar-refractivity contribution in [2.24, 2.45) is 0 Å². The summed E-state index contributed by atoms with van der Waals surface area (Å²) in [6.07, 6.45) is 2.58. The van der Waals surface area contributed by atoms with Crippen LogP contribution in [0.25, 0.3) is 0 Å². The number of pyridine rings is 1. The van der Waals surface area contributed by atoms with E-state index in [2.05, 4.69) is 11.9 Å². The molecule has 1 aromatic rings. The lowest BCUT2D eigenvalue weighted by atomic mass is 10.2. The van der Waals surface area contributed by atoms with Gasteiger partial charge in [-0.2, -0.15) is 11.8 Å². The Hall–Kier alpha value is -1.23. The number of nitrogens with zero attached hydrogens (tertiary/aromatic N) is 1. The Kier molecular flexibility index (Phi) is 3.89. The van der Waals surface area contributed by atoms with Crippen molar-refractivity contribution in [1.82, 2.24) is 9.88 Å². The lowest BCUT2D eigenvalue weighted by Crippen LogP contribution is -2.41. The standard InChI is InChI=1S/C12H16N2O2S/c1-2-10-8-14(5-6-17-10)12(16)9-3-4-11(15)13-7-9/h3-4,7,10H,2,5-6,8H2,1H3,(H,13,15). The molecule has 1 aromatic heterocycles. The fourth-order valence-electron chi connectivity index (χ4n) is 1.88. The third kappa shape index (κ3) is 2.91. The van der Waals surface area contributed by atoms with Crippen molar-refractivity contribution in [2.45, 2.75) is 18.6 Å². The topological polar surface area (TPSA) is 53.2 Å². The number of rotatable bonds is 2. The van der Waals surface area contributed by atoms with Gasteiger partial charge in [-0.25, -0.2) is 0 Å². The zero-order valence-electron chi connectivity index (χ0n) is 9.81. The highest BCUT2D eigenvalue weighted by Gasteiger charge is 2.23. The summed E-state index contributed by atoms with van der Waals surface area (Å²) in [4.78, 5) is 27.5. The maximum atomic E-state index is 12.2. The summed E-state index contributed by atoms with van der Waals surface area (Å²) < 4.78 is 0. The number of aromatic nitrogens is 1. The zero-order chi connectivity index (χ0) is 12.3. The maximum Gasteiger partial charge on any atom is 0.255 e. The van der Waals surface area contributed by atoms with E-state index >= 15 is 0 Å². The van der Waals surface area contributed by atoms with Crippen molar-refractivity contribution in [1.29, 1.82) is 0 Å². The monoisotopic (exact) mass is 252 g/mol. The molecule has 0 aromatic carbocycles. The molecule has 1 unspecified atom stereocenters. The number of aromatic amines is 1. The number of H-pyrrole nitrogens is 1. The number of amides is 1. The van der Waals surface area contributed by atoms with Crippen molar-refractivity contribution in [3.63, 3.8) is 0 Å². The molecule has 0 spiro atoms. The van der Waals surface area contributed by atoms with Gasteiger partial charge >= 0.3 is 0 Å². The molecule has 1 N–H and O–H groups in total. The Balaban J connectivity index is 2.09. The molecular weight excluding hydrogens is 236 g/mol. The summed E-state index contributed by atoms with van der Waals surface area (Å²) in [6, 6.07) is 2.98. The van der Waals surface area contributed by atoms with Crippen LogP contribution in [0.5, 0.6) is 0 Å². The first-order valence-electron chi connectivity index (χ1n) is 5.80. The van der Waals surface area contributed by atoms with Gasteiger partial charge in [-0.3, -0.25) is 9.59 Å². The van der Waals surface area contributed by atoms with Crippen molar-refractivity contribution in [3.05, 3.63) is 34.2 Å². The molecule has 0 radical (unpaired) electrons. The van der Waals surface area contributed by atoms with Gasteiger partial charge in [0.25, 0.3) is 5.91 Å². The SMILES string of the molecule is CCC1CN(C(=O)c2ccc(=O)[nH]c2)CCS1. The molecule has 1 fully saturated rings. The first kappa shape index (κ1) is 12.2. The highest BCUT2D eigenvalue weighted by Crippen LogP contribution is 2.22. The molecular formula is C12H16N2O2S. The van der Waals surface area contributed by atoms with E-state index in [0.29, 0.717) is 10.8 Å². The van der Waals surface area contributed by atoms with Gasteiger partial charge in [-0.15, -0.1) is 0 Å². The molecule has 1 amide bonds. The fourth-order valence-corrected chi connectivity index (χ4v) is 3.06. The molecule has 1 saturated heterocycles. The van der Waals surface area contributed by atoms with Crippen LogP contribution in [0.2, 0.25) is 0 Å². The molecule has 0 aliphatic carbocycles. The predicted octanol–water partition coefficient (Wildman–Crippen LogP) is 1.34. The predicted molar refractivity (Wildman–Crippen MR) is 69.5 cm³/mol. The average molecular weight is 252 g/mol. The van der Waals surface area contributed by atoms with Gasteiger partial charge in [0, 0.05) is 36.4 Å². The summed E-state index contributed by atoms with van der Waals surface area (Å²) in [5.74, 6) is 1.01. The van der Waals surface area contributed by atoms with Crippen LogP contribution < -0.4 is 5.56 Å². The van der Waals surface area contributed by atoms with Gasteiger partial charge in [-0.05, 0) is 12.5 Å². The second-order valence-corrected chi connectivity index (χ2v) is 5.50. The largest absolute Gasteiger partial charge is 0.337 e. The van der Waals surface area contributed by atoms with Gasteiger partial charge < -0.3 is 9.88 Å². The molecule has 1 aliphatic rings. The number of thioether (sulfide) groups is 1. The van der Waals surface area contributed by atoms with E-state index in [4.69, 9.17) is 0 Å². The minimum Gasteiger partial charge on any atom is -0.337 e. The number of carbonyl (C=O) groups is 1. The maximum absolute atomic E-state index is 12.2. The minimum atomic E-state index is -0.179. The lowest BCUT2D eigenvalue weighted by Gasteiger charge is -2.31. The number of carbonyl (C=O) groups excluding carboxylic acids is 1. The molecule has 5 heteroatoms. The lowest BCUT2D eigenvalue weighted by molar-refractivity contribution is 0.0760. The van der Waals surface area contributed by atoms with Crippen molar-refractivity contribution >= 4 is 17.7 Å². The summed E-state index contributed by atoms with van der Waals surface area (Å²) in [5, 5.41) is 0.537. The van der Waals surface area contributed by atoms with Crippen molar-refractivity contribution in [2.75, 3.05) is 18.8 Å². The van der Waals surface area contributed by atoms with Crippen LogP contribution >= 0.6 is 11.8 Å². The summed E-state index contributed by atoms with van der Waals surface area (Å²) in [6.45, 7) is 3.74. The molecule has 1 aliphatic heterocycles. The van der Waals surface area contributed by atoms with Gasteiger partial charge in [0.05, 0.1) is 5.56 Å². The Morgan fingerprint density at radius 2 is 2.41 bits per heavy atom. The first-order valence-corrected chi connectivity index (χ1v) is 6.85. The van der Waals surface area contributed by atoms with E-state index in [-0.39, 0.29) is 11.5 Å². The van der Waals surface area contributed by atoms with Crippen LogP contribution in [0.15, 0.2) is 23.1 Å². The third-order valence-corrected chi connectivity index (χ3v) is 4.28. The van der Waals surface area contributed by atoms with Crippen LogP contribution in [0.1, 0.15) is 23.7 Å². The van der Waals surface area contributed by atoms with Gasteiger partial charge in [-0.1, -0.05) is 6.92 Å². The van der Waals surface area contributed by atoms with Gasteiger partial charge in [0.1, 0.15) is 0 Å². The Morgan fingerprint density at radius 3 is 3.06 bits per heavy atom. The van der Waals surface area contributed by atoms with E-state index in [1.807, 2.05) is 16.7 Å². The van der Waals surface area contributed by atoms with Crippen LogP contribution in [0.3, 0.4) is 0 Å². The summed E-state index contributed by atoms with van der Waals surface area (Å²) >= 11 is 1.93. The van der Waals surface area contributed by atoms with E-state index < -0.39 is 0 Å². The molecule has 1 atom stereocenters. The molecule has 2 rings (SSSR count). The Morgan fingerprint density at radius 1 is 1.59 bits per heavy atom. The zero-order valence-corrected chi connectivity index (χ0v) is 10.6. The van der Waals surface area contributed by atoms with Crippen LogP contribution in [0, 0.1) is 0 Å². The second kappa shape index (κ2) is 5.40. The minimum absolute atomic E-state index is 0.0139. The highest BCUT2D eigenvalue weighted by atomic mass is 32.2. The van der Waals surface area contributed by atoms with Gasteiger partial charge in [0.15, 0.2) is 0 Å². The molecule has 17 heavy (non-hydrogen) atoms. The smallest absolute Gasteiger partial charge is 0.255 e. The molecule has 92 valence electrons. The number of hydrogen-bond donors (Lipinski definition) is 1. The van der Waals surface area contributed by atoms with Crippen LogP contribution in [-0.4, -0.2) is 39.9 Å². The van der Waals surface area contributed by atoms with E-state index in [9.17, 15) is 9.59 Å². The fraction of sp³-hybridized carbons (Fsp3) is 0.500. The van der Waals surface area contributed by atoms with Crippen LogP contribution in [-0.2, 0) is 0 Å². The average Bonchev–Trinajstić information content (AvgIpc) is 2.39. The number of nitrogens with one attached hydrogen (secondary N) is 1. The number of hydrogen-bond acceptors (Lipinski definition) is 3. The van der Waals surface area contributed by atoms with E-state index in [1.54, 1.807) is 6.07 Å². The molecule has 0 bridgehead atoms. The highest BCUT2D eigenvalue weighted by molar-refractivity contribution is 8.00. The normalized spacial score (nSPS) is 20.3. The van der Waals surface area contributed by atoms with Gasteiger partial charge in [0.2, 0.25) is 5.56 Å². The molecule has 2 heterocycles. The molecule has 4 nitrogen and oxygen atoms in total. The van der Waals surface area contributed by atoms with E-state index in [1.165, 1.54) is 12.3 Å². The van der Waals surface area contributed by atoms with E-state index in [0.717, 1.165) is 25.3 Å². The summed E-state index contributed by atoms with van der Waals surface area (Å²) in [5.41, 5.74) is 0.383. The van der Waals surface area contributed by atoms with Crippen LogP contribution in [0.4, 0.5) is 0 Å². The Bertz CT molecular complexity index is 438. The Labute approximate surface area is 104 Å². The second-order valence-electron chi connectivity index (χ2n) is 4.09. The first-order chi connectivity index (χ1) is 8.20. The van der Waals surface area contributed by atoms with Crippen molar-refractivity contribution < 1.29 is 4.79 Å². The third-order valence-electron chi connectivity index (χ3n) is 2.91. The van der Waals surface area contributed by atoms with Crippen molar-refractivity contribution in [3.8, 4) is 0 Å². The summed E-state index contributed by atoms with van der Waals surface area (Å²) in [7, 11) is 0.